The fourth-order valence-corrected chi connectivity index (χ4v) is 6.45. The number of carbonyl (C=O) groups excluding carboxylic acids is 3. The third-order valence-electron chi connectivity index (χ3n) is 8.26. The molecule has 0 aliphatic carbocycles. The standard InChI is InChI=1S/C34H50N4O6S/c1-23-30(45-22-36-23)25-17-15-24(16-18-25)20-35-32(43)27-19-26(39)21-38(27)33(44)31(34(2,3)4)37-28(40)13-11-9-7-5-6-8-10-12-14-29(41)42/h15-18,22,26-27,31,39H,5-14,19-21H2,1-4H3,(H,35,43)(H,37,40)(H,41,42)/t26-,27+,31?/m1/s1. The third-order valence-corrected chi connectivity index (χ3v) is 9.23. The Morgan fingerprint density at radius 1 is 0.978 bits per heavy atom. The van der Waals surface area contributed by atoms with Gasteiger partial charge in [0, 0.05) is 32.4 Å². The molecule has 1 aliphatic heterocycles. The molecule has 1 aromatic heterocycles. The van der Waals surface area contributed by atoms with Crippen LogP contribution in [0.3, 0.4) is 0 Å². The molecule has 10 nitrogen and oxygen atoms in total. The van der Waals surface area contributed by atoms with E-state index in [1.54, 1.807) is 11.3 Å². The van der Waals surface area contributed by atoms with Crippen LogP contribution in [0.4, 0.5) is 0 Å². The summed E-state index contributed by atoms with van der Waals surface area (Å²) in [7, 11) is 0. The van der Waals surface area contributed by atoms with Crippen molar-refractivity contribution in [1.82, 2.24) is 20.5 Å². The van der Waals surface area contributed by atoms with E-state index in [0.29, 0.717) is 25.8 Å². The fourth-order valence-electron chi connectivity index (χ4n) is 5.64. The van der Waals surface area contributed by atoms with Crippen LogP contribution in [0, 0.1) is 12.3 Å². The minimum atomic E-state index is -0.834. The number of nitrogens with zero attached hydrogens (tertiary/aromatic N) is 2. The van der Waals surface area contributed by atoms with E-state index in [9.17, 15) is 24.3 Å². The zero-order chi connectivity index (χ0) is 33.0. The van der Waals surface area contributed by atoms with Crippen molar-refractivity contribution in [1.29, 1.82) is 0 Å². The summed E-state index contributed by atoms with van der Waals surface area (Å²) in [5.41, 5.74) is 4.18. The van der Waals surface area contributed by atoms with Gasteiger partial charge in [0.05, 0.1) is 22.2 Å². The van der Waals surface area contributed by atoms with Crippen molar-refractivity contribution in [3.63, 3.8) is 0 Å². The van der Waals surface area contributed by atoms with Crippen LogP contribution < -0.4 is 10.6 Å². The quantitative estimate of drug-likeness (QED) is 0.173. The Morgan fingerprint density at radius 3 is 2.13 bits per heavy atom. The largest absolute Gasteiger partial charge is 0.481 e. The lowest BCUT2D eigenvalue weighted by Crippen LogP contribution is -2.57. The Bertz CT molecular complexity index is 1270. The van der Waals surface area contributed by atoms with E-state index < -0.39 is 29.6 Å². The molecule has 3 amide bonds. The molecule has 2 heterocycles. The number of benzene rings is 1. The number of aryl methyl sites for hydroxylation is 1. The molecule has 0 spiro atoms. The van der Waals surface area contributed by atoms with E-state index in [1.165, 1.54) is 4.90 Å². The highest BCUT2D eigenvalue weighted by atomic mass is 32.1. The van der Waals surface area contributed by atoms with Gasteiger partial charge in [0.25, 0.3) is 0 Å². The summed E-state index contributed by atoms with van der Waals surface area (Å²) in [5, 5.41) is 25.0. The van der Waals surface area contributed by atoms with Gasteiger partial charge < -0.3 is 25.7 Å². The molecule has 0 radical (unpaired) electrons. The molecule has 3 atom stereocenters. The second-order valence-electron chi connectivity index (χ2n) is 13.2. The average molecular weight is 643 g/mol. The zero-order valence-electron chi connectivity index (χ0n) is 27.1. The lowest BCUT2D eigenvalue weighted by atomic mass is 9.85. The van der Waals surface area contributed by atoms with E-state index >= 15 is 0 Å². The van der Waals surface area contributed by atoms with Gasteiger partial charge >= 0.3 is 5.97 Å². The fraction of sp³-hybridized carbons (Fsp3) is 0.618. The Labute approximate surface area is 271 Å². The summed E-state index contributed by atoms with van der Waals surface area (Å²) in [6, 6.07) is 6.26. The van der Waals surface area contributed by atoms with E-state index in [-0.39, 0.29) is 37.1 Å². The highest BCUT2D eigenvalue weighted by Crippen LogP contribution is 2.28. The number of hydrogen-bond acceptors (Lipinski definition) is 7. The SMILES string of the molecule is Cc1ncsc1-c1ccc(CNC(=O)[C@@H]2C[C@@H](O)CN2C(=O)C(NC(=O)CCCCCCCCCCC(=O)O)C(C)(C)C)cc1. The van der Waals surface area contributed by atoms with Crippen LogP contribution in [0.5, 0.6) is 0 Å². The van der Waals surface area contributed by atoms with Gasteiger partial charge in [-0.3, -0.25) is 19.2 Å². The van der Waals surface area contributed by atoms with Crippen molar-refractivity contribution in [2.24, 2.45) is 5.41 Å². The van der Waals surface area contributed by atoms with Crippen LogP contribution in [-0.2, 0) is 25.7 Å². The van der Waals surface area contributed by atoms with Crippen LogP contribution in [0.25, 0.3) is 10.4 Å². The summed E-state index contributed by atoms with van der Waals surface area (Å²) in [4.78, 5) is 57.3. The molecular formula is C34H50N4O6S. The Hall–Kier alpha value is -3.31. The summed E-state index contributed by atoms with van der Waals surface area (Å²) in [6.45, 7) is 7.94. The lowest BCUT2D eigenvalue weighted by molar-refractivity contribution is -0.144. The molecule has 1 saturated heterocycles. The maximum Gasteiger partial charge on any atom is 0.303 e. The van der Waals surface area contributed by atoms with Gasteiger partial charge in [0.2, 0.25) is 17.7 Å². The van der Waals surface area contributed by atoms with E-state index in [0.717, 1.165) is 60.2 Å². The number of aliphatic hydroxyl groups is 1. The molecular weight excluding hydrogens is 592 g/mol. The van der Waals surface area contributed by atoms with Crippen LogP contribution >= 0.6 is 11.3 Å². The van der Waals surface area contributed by atoms with Crippen molar-refractivity contribution >= 4 is 35.0 Å². The first-order valence-electron chi connectivity index (χ1n) is 16.1. The summed E-state index contributed by atoms with van der Waals surface area (Å²) in [6.07, 6.45) is 7.27. The Balaban J connectivity index is 1.48. The molecule has 1 fully saturated rings. The van der Waals surface area contributed by atoms with E-state index in [1.807, 2.05) is 57.5 Å². The molecule has 248 valence electrons. The second-order valence-corrected chi connectivity index (χ2v) is 14.0. The van der Waals surface area contributed by atoms with Crippen molar-refractivity contribution in [3.05, 3.63) is 41.0 Å². The molecule has 11 heteroatoms. The van der Waals surface area contributed by atoms with Gasteiger partial charge in [0.1, 0.15) is 12.1 Å². The number of likely N-dealkylation sites (tertiary alicyclic amines) is 1. The molecule has 1 unspecified atom stereocenters. The van der Waals surface area contributed by atoms with Crippen LogP contribution in [-0.4, -0.2) is 68.5 Å². The zero-order valence-corrected chi connectivity index (χ0v) is 28.0. The number of aliphatic carboxylic acids is 1. The molecule has 0 bridgehead atoms. The molecule has 1 aliphatic rings. The van der Waals surface area contributed by atoms with Crippen LogP contribution in [0.2, 0.25) is 0 Å². The second kappa shape index (κ2) is 17.4. The Morgan fingerprint density at radius 2 is 1.58 bits per heavy atom. The molecule has 3 rings (SSSR count). The van der Waals surface area contributed by atoms with E-state index in [4.69, 9.17) is 5.11 Å². The van der Waals surface area contributed by atoms with Crippen molar-refractivity contribution in [3.8, 4) is 10.4 Å². The monoisotopic (exact) mass is 642 g/mol. The Kier molecular flexibility index (Phi) is 14.0. The maximum absolute atomic E-state index is 13.8. The first-order valence-corrected chi connectivity index (χ1v) is 17.0. The van der Waals surface area contributed by atoms with Crippen molar-refractivity contribution < 1.29 is 29.4 Å². The number of aliphatic hydroxyl groups excluding tert-OH is 1. The van der Waals surface area contributed by atoms with Crippen LogP contribution in [0.15, 0.2) is 29.8 Å². The van der Waals surface area contributed by atoms with Gasteiger partial charge in [0.15, 0.2) is 0 Å². The number of aromatic nitrogens is 1. The number of carboxylic acid groups (broad SMARTS) is 1. The average Bonchev–Trinajstić information content (AvgIpc) is 3.60. The van der Waals surface area contributed by atoms with Gasteiger partial charge in [-0.15, -0.1) is 11.3 Å². The number of carbonyl (C=O) groups is 4. The van der Waals surface area contributed by atoms with Gasteiger partial charge in [-0.05, 0) is 36.3 Å². The number of nitrogens with one attached hydrogen (secondary N) is 2. The lowest BCUT2D eigenvalue weighted by Gasteiger charge is -2.35. The first-order chi connectivity index (χ1) is 21.4. The summed E-state index contributed by atoms with van der Waals surface area (Å²) >= 11 is 1.58. The summed E-state index contributed by atoms with van der Waals surface area (Å²) < 4.78 is 0. The van der Waals surface area contributed by atoms with Crippen molar-refractivity contribution in [2.75, 3.05) is 6.54 Å². The van der Waals surface area contributed by atoms with E-state index in [2.05, 4.69) is 15.6 Å². The molecule has 45 heavy (non-hydrogen) atoms. The molecule has 1 aromatic carbocycles. The highest BCUT2D eigenvalue weighted by molar-refractivity contribution is 7.13. The van der Waals surface area contributed by atoms with Crippen LogP contribution in [0.1, 0.15) is 103 Å². The van der Waals surface area contributed by atoms with Gasteiger partial charge in [-0.25, -0.2) is 4.98 Å². The highest BCUT2D eigenvalue weighted by Gasteiger charge is 2.44. The predicted molar refractivity (Wildman–Crippen MR) is 175 cm³/mol. The molecule has 2 aromatic rings. The summed E-state index contributed by atoms with van der Waals surface area (Å²) in [5.74, 6) is -1.64. The van der Waals surface area contributed by atoms with Gasteiger partial charge in [-0.2, -0.15) is 0 Å². The number of β-amino-alcohol motifs (C(OH)–C–C–N with tert-alkyl or cyclic N) is 1. The number of thiazole rings is 1. The number of rotatable bonds is 17. The predicted octanol–water partition coefficient (Wildman–Crippen LogP) is 5.21. The minimum absolute atomic E-state index is 0.0403. The minimum Gasteiger partial charge on any atom is -0.481 e. The maximum atomic E-state index is 13.8. The third kappa shape index (κ3) is 11.5. The molecule has 0 saturated carbocycles. The molecule has 4 N–H and O–H groups in total. The van der Waals surface area contributed by atoms with Gasteiger partial charge in [-0.1, -0.05) is 83.6 Å². The number of carboxylic acids is 1. The smallest absolute Gasteiger partial charge is 0.303 e. The number of unbranched alkanes of at least 4 members (excludes halogenated alkanes) is 7. The normalized spacial score (nSPS) is 17.2. The topological polar surface area (TPSA) is 149 Å². The number of amides is 3. The first kappa shape index (κ1) is 36.2. The number of hydrogen-bond donors (Lipinski definition) is 4. The van der Waals surface area contributed by atoms with Crippen molar-refractivity contribution in [2.45, 2.75) is 123 Å².